The highest BCUT2D eigenvalue weighted by atomic mass is 79.9. The average Bonchev–Trinajstić information content (AvgIpc) is 2.36. The second-order valence-electron chi connectivity index (χ2n) is 3.86. The number of para-hydroxylation sites is 1. The van der Waals surface area contributed by atoms with Crippen LogP contribution >= 0.6 is 15.9 Å². The molecule has 0 bridgehead atoms. The molecule has 0 aliphatic rings. The molecule has 0 atom stereocenters. The summed E-state index contributed by atoms with van der Waals surface area (Å²) in [7, 11) is 0. The van der Waals surface area contributed by atoms with E-state index in [4.69, 9.17) is 15.7 Å². The van der Waals surface area contributed by atoms with E-state index in [1.807, 2.05) is 25.1 Å². The Bertz CT molecular complexity index is 632. The third-order valence-corrected chi connectivity index (χ3v) is 3.15. The highest BCUT2D eigenvalue weighted by molar-refractivity contribution is 9.10. The number of nitrogen functional groups attached to an aromatic ring is 1. The second kappa shape index (κ2) is 5.11. The summed E-state index contributed by atoms with van der Waals surface area (Å²) in [5.74, 6) is 1.16. The van der Waals surface area contributed by atoms with E-state index in [0.717, 1.165) is 10.0 Å². The minimum absolute atomic E-state index is 0.504. The molecule has 2 aromatic carbocycles. The zero-order chi connectivity index (χ0) is 13.1. The summed E-state index contributed by atoms with van der Waals surface area (Å²) in [6, 6.07) is 12.9. The maximum absolute atomic E-state index is 9.08. The molecule has 2 N–H and O–H groups in total. The van der Waals surface area contributed by atoms with Crippen LogP contribution in [0.25, 0.3) is 0 Å². The van der Waals surface area contributed by atoms with Crippen LogP contribution in [0.1, 0.15) is 11.1 Å². The largest absolute Gasteiger partial charge is 0.454 e. The third-order valence-electron chi connectivity index (χ3n) is 2.50. The van der Waals surface area contributed by atoms with Gasteiger partial charge >= 0.3 is 0 Å². The van der Waals surface area contributed by atoms with Gasteiger partial charge in [0.05, 0.1) is 10.0 Å². The second-order valence-corrected chi connectivity index (χ2v) is 4.71. The van der Waals surface area contributed by atoms with E-state index in [0.29, 0.717) is 22.7 Å². The van der Waals surface area contributed by atoms with Gasteiger partial charge in [-0.05, 0) is 46.6 Å². The van der Waals surface area contributed by atoms with Crippen molar-refractivity contribution in [2.24, 2.45) is 0 Å². The van der Waals surface area contributed by atoms with Crippen LogP contribution in [0.15, 0.2) is 40.9 Å². The molecule has 0 aromatic heterocycles. The minimum Gasteiger partial charge on any atom is -0.454 e. The standard InChI is InChI=1S/C14H11BrN2O/c1-9-3-2-4-10(8-16)14(9)18-13-7-11(17)5-6-12(13)15/h2-7H,17H2,1H3. The van der Waals surface area contributed by atoms with Crippen LogP contribution in [0.2, 0.25) is 0 Å². The first kappa shape index (κ1) is 12.5. The van der Waals surface area contributed by atoms with Gasteiger partial charge in [-0.2, -0.15) is 5.26 Å². The Kier molecular flexibility index (Phi) is 3.54. The lowest BCUT2D eigenvalue weighted by Gasteiger charge is -2.12. The van der Waals surface area contributed by atoms with Crippen LogP contribution in [-0.2, 0) is 0 Å². The summed E-state index contributed by atoms with van der Waals surface area (Å²) in [5.41, 5.74) is 7.75. The molecule has 0 fully saturated rings. The number of hydrogen-bond acceptors (Lipinski definition) is 3. The molecule has 2 rings (SSSR count). The smallest absolute Gasteiger partial charge is 0.148 e. The molecule has 0 saturated carbocycles. The van der Waals surface area contributed by atoms with Crippen LogP contribution in [0.3, 0.4) is 0 Å². The Labute approximate surface area is 114 Å². The number of nitrogens with two attached hydrogens (primary N) is 1. The highest BCUT2D eigenvalue weighted by Gasteiger charge is 2.10. The fourth-order valence-electron chi connectivity index (χ4n) is 1.58. The Balaban J connectivity index is 2.46. The fraction of sp³-hybridized carbons (Fsp3) is 0.0714. The number of anilines is 1. The lowest BCUT2D eigenvalue weighted by molar-refractivity contribution is 0.474. The van der Waals surface area contributed by atoms with Crippen molar-refractivity contribution in [1.82, 2.24) is 0 Å². The number of nitriles is 1. The maximum atomic E-state index is 9.08. The molecular formula is C14H11BrN2O. The lowest BCUT2D eigenvalue weighted by atomic mass is 10.1. The van der Waals surface area contributed by atoms with E-state index < -0.39 is 0 Å². The first-order chi connectivity index (χ1) is 8.61. The monoisotopic (exact) mass is 302 g/mol. The van der Waals surface area contributed by atoms with Crippen molar-refractivity contribution in [3.05, 3.63) is 52.0 Å². The van der Waals surface area contributed by atoms with Crippen LogP contribution in [0.4, 0.5) is 5.69 Å². The number of nitrogens with zero attached hydrogens (tertiary/aromatic N) is 1. The number of aryl methyl sites for hydroxylation is 1. The van der Waals surface area contributed by atoms with Gasteiger partial charge in [0.2, 0.25) is 0 Å². The lowest BCUT2D eigenvalue weighted by Crippen LogP contribution is -1.93. The number of ether oxygens (including phenoxy) is 1. The number of rotatable bonds is 2. The predicted octanol–water partition coefficient (Wildman–Crippen LogP) is 4.00. The van der Waals surface area contributed by atoms with Gasteiger partial charge in [-0.25, -0.2) is 0 Å². The molecular weight excluding hydrogens is 292 g/mol. The van der Waals surface area contributed by atoms with Crippen LogP contribution in [0.5, 0.6) is 11.5 Å². The van der Waals surface area contributed by atoms with E-state index in [2.05, 4.69) is 22.0 Å². The van der Waals surface area contributed by atoms with Crippen LogP contribution in [0, 0.1) is 18.3 Å². The molecule has 0 radical (unpaired) electrons. The summed E-state index contributed by atoms with van der Waals surface area (Å²) in [4.78, 5) is 0. The van der Waals surface area contributed by atoms with Crippen molar-refractivity contribution in [3.8, 4) is 17.6 Å². The van der Waals surface area contributed by atoms with Crippen molar-refractivity contribution in [3.63, 3.8) is 0 Å². The Morgan fingerprint density at radius 1 is 1.28 bits per heavy atom. The maximum Gasteiger partial charge on any atom is 0.148 e. The Morgan fingerprint density at radius 3 is 2.78 bits per heavy atom. The van der Waals surface area contributed by atoms with Crippen LogP contribution in [-0.4, -0.2) is 0 Å². The SMILES string of the molecule is Cc1cccc(C#N)c1Oc1cc(N)ccc1Br. The summed E-state index contributed by atoms with van der Waals surface area (Å²) >= 11 is 3.40. The zero-order valence-corrected chi connectivity index (χ0v) is 11.4. The van der Waals surface area contributed by atoms with E-state index in [9.17, 15) is 0 Å². The topological polar surface area (TPSA) is 59.0 Å². The number of benzene rings is 2. The third kappa shape index (κ3) is 2.47. The van der Waals surface area contributed by atoms with E-state index in [1.54, 1.807) is 18.2 Å². The normalized spacial score (nSPS) is 9.83. The van der Waals surface area contributed by atoms with Gasteiger partial charge in [0.15, 0.2) is 0 Å². The first-order valence-electron chi connectivity index (χ1n) is 5.34. The summed E-state index contributed by atoms with van der Waals surface area (Å²) in [5, 5.41) is 9.08. The van der Waals surface area contributed by atoms with Crippen molar-refractivity contribution in [1.29, 1.82) is 5.26 Å². The molecule has 90 valence electrons. The predicted molar refractivity (Wildman–Crippen MR) is 74.5 cm³/mol. The Hall–Kier alpha value is -1.99. The van der Waals surface area contributed by atoms with E-state index in [-0.39, 0.29) is 0 Å². The van der Waals surface area contributed by atoms with Crippen LogP contribution < -0.4 is 10.5 Å². The molecule has 0 unspecified atom stereocenters. The first-order valence-corrected chi connectivity index (χ1v) is 6.13. The summed E-state index contributed by atoms with van der Waals surface area (Å²) in [6.07, 6.45) is 0. The molecule has 0 aliphatic heterocycles. The van der Waals surface area contributed by atoms with Gasteiger partial charge in [0.1, 0.15) is 17.6 Å². The molecule has 2 aromatic rings. The van der Waals surface area contributed by atoms with Crippen molar-refractivity contribution in [2.75, 3.05) is 5.73 Å². The zero-order valence-electron chi connectivity index (χ0n) is 9.77. The number of hydrogen-bond donors (Lipinski definition) is 1. The average molecular weight is 303 g/mol. The van der Waals surface area contributed by atoms with Crippen molar-refractivity contribution >= 4 is 21.6 Å². The molecule has 0 amide bonds. The van der Waals surface area contributed by atoms with Gasteiger partial charge in [0, 0.05) is 11.8 Å². The summed E-state index contributed by atoms with van der Waals surface area (Å²) < 4.78 is 6.59. The van der Waals surface area contributed by atoms with Gasteiger partial charge in [0.25, 0.3) is 0 Å². The molecule has 3 nitrogen and oxygen atoms in total. The van der Waals surface area contributed by atoms with Crippen molar-refractivity contribution in [2.45, 2.75) is 6.92 Å². The molecule has 18 heavy (non-hydrogen) atoms. The van der Waals surface area contributed by atoms with Gasteiger partial charge in [-0.15, -0.1) is 0 Å². The van der Waals surface area contributed by atoms with Crippen molar-refractivity contribution < 1.29 is 4.74 Å². The van der Waals surface area contributed by atoms with Gasteiger partial charge in [-0.1, -0.05) is 12.1 Å². The molecule has 0 saturated heterocycles. The number of halogens is 1. The Morgan fingerprint density at radius 2 is 2.06 bits per heavy atom. The van der Waals surface area contributed by atoms with Gasteiger partial charge < -0.3 is 10.5 Å². The highest BCUT2D eigenvalue weighted by Crippen LogP contribution is 2.34. The minimum atomic E-state index is 0.504. The molecule has 0 spiro atoms. The molecule has 4 heteroatoms. The molecule has 0 aliphatic carbocycles. The van der Waals surface area contributed by atoms with Gasteiger partial charge in [-0.3, -0.25) is 0 Å². The fourth-order valence-corrected chi connectivity index (χ4v) is 1.91. The van der Waals surface area contributed by atoms with E-state index in [1.165, 1.54) is 0 Å². The van der Waals surface area contributed by atoms with E-state index >= 15 is 0 Å². The quantitative estimate of drug-likeness (QED) is 0.853. The summed E-state index contributed by atoms with van der Waals surface area (Å²) in [6.45, 7) is 1.90. The molecule has 0 heterocycles.